The van der Waals surface area contributed by atoms with Crippen LogP contribution in [0, 0.1) is 17.5 Å². The number of ether oxygens (including phenoxy) is 3. The summed E-state index contributed by atoms with van der Waals surface area (Å²) in [6, 6.07) is 35.7. The lowest BCUT2D eigenvalue weighted by atomic mass is 9.93. The second kappa shape index (κ2) is 27.0. The van der Waals surface area contributed by atoms with Gasteiger partial charge in [-0.2, -0.15) is 0 Å². The van der Waals surface area contributed by atoms with Crippen molar-refractivity contribution >= 4 is 45.5 Å². The zero-order chi connectivity index (χ0) is 53.3. The molecule has 9 rings (SSSR count). The van der Waals surface area contributed by atoms with E-state index in [2.05, 4.69) is 27.3 Å². The molecular weight excluding hydrogens is 964 g/mol. The van der Waals surface area contributed by atoms with Gasteiger partial charge in [-0.3, -0.25) is 19.2 Å². The van der Waals surface area contributed by atoms with Gasteiger partial charge < -0.3 is 24.5 Å². The molecule has 2 N–H and O–H groups in total. The van der Waals surface area contributed by atoms with Gasteiger partial charge in [0.15, 0.2) is 0 Å². The third-order valence-corrected chi connectivity index (χ3v) is 13.0. The molecule has 0 saturated heterocycles. The van der Waals surface area contributed by atoms with E-state index in [1.807, 2.05) is 23.1 Å². The van der Waals surface area contributed by atoms with Crippen LogP contribution in [0.25, 0.3) is 27.6 Å². The summed E-state index contributed by atoms with van der Waals surface area (Å²) >= 11 is 0. The number of halogens is 3. The Kier molecular flexibility index (Phi) is 19.9. The lowest BCUT2D eigenvalue weighted by Gasteiger charge is -2.30. The fraction of sp³-hybridized carbons (Fsp3) is 0.305. The van der Waals surface area contributed by atoms with Crippen molar-refractivity contribution in [1.29, 1.82) is 0 Å². The van der Waals surface area contributed by atoms with Crippen molar-refractivity contribution in [3.8, 4) is 0 Å². The predicted molar refractivity (Wildman–Crippen MR) is 284 cm³/mol. The van der Waals surface area contributed by atoms with E-state index in [1.54, 1.807) is 81.4 Å². The maximum atomic E-state index is 13.3. The molecule has 4 heterocycles. The number of benzene rings is 5. The Morgan fingerprint density at radius 2 is 0.987 bits per heavy atom. The Bertz CT molecular complexity index is 3150. The number of nitrogens with one attached hydrogen (secondary N) is 2. The second-order valence-corrected chi connectivity index (χ2v) is 17.9. The van der Waals surface area contributed by atoms with Crippen LogP contribution in [0.5, 0.6) is 0 Å². The van der Waals surface area contributed by atoms with Crippen LogP contribution in [-0.2, 0) is 41.7 Å². The minimum Gasteiger partial charge on any atom is -0.463 e. The van der Waals surface area contributed by atoms with Crippen molar-refractivity contribution < 1.29 is 41.8 Å². The Morgan fingerprint density at radius 1 is 0.533 bits per heavy atom. The number of aromatic amines is 1. The van der Waals surface area contributed by atoms with Gasteiger partial charge in [0.2, 0.25) is 0 Å². The first-order chi connectivity index (χ1) is 36.4. The summed E-state index contributed by atoms with van der Waals surface area (Å²) < 4.78 is 56.2. The van der Waals surface area contributed by atoms with Gasteiger partial charge in [0.1, 0.15) is 17.5 Å². The number of fused-ring (bicyclic) bond motifs is 1. The van der Waals surface area contributed by atoms with E-state index in [9.17, 15) is 37.1 Å². The number of hydrogen-bond donors (Lipinski definition) is 2. The van der Waals surface area contributed by atoms with Gasteiger partial charge in [-0.25, -0.2) is 32.3 Å². The van der Waals surface area contributed by atoms with E-state index < -0.39 is 11.7 Å². The molecule has 0 atom stereocenters. The summed E-state index contributed by atoms with van der Waals surface area (Å²) in [4.78, 5) is 69.1. The molecule has 392 valence electrons. The zero-order valence-electron chi connectivity index (χ0n) is 42.5. The van der Waals surface area contributed by atoms with Crippen molar-refractivity contribution in [3.63, 3.8) is 0 Å². The summed E-state index contributed by atoms with van der Waals surface area (Å²) in [7, 11) is 0. The average molecular weight is 1030 g/mol. The van der Waals surface area contributed by atoms with Crippen LogP contribution in [0.1, 0.15) is 62.3 Å². The quantitative estimate of drug-likeness (QED) is 0.0796. The number of carbonyl (C=O) groups excluding carboxylic acids is 3. The molecule has 0 fully saturated rings. The van der Waals surface area contributed by atoms with Crippen molar-refractivity contribution in [2.75, 3.05) is 65.6 Å². The first-order valence-electron chi connectivity index (χ1n) is 25.2. The Hall–Kier alpha value is -7.66. The largest absolute Gasteiger partial charge is 0.463 e. The molecule has 0 amide bonds. The Morgan fingerprint density at radius 3 is 1.51 bits per heavy atom. The van der Waals surface area contributed by atoms with Gasteiger partial charge in [0.05, 0.1) is 47.4 Å². The van der Waals surface area contributed by atoms with Gasteiger partial charge in [-0.1, -0.05) is 78.9 Å². The molecule has 6 aromatic rings. The molecule has 16 heteroatoms. The predicted octanol–water partition coefficient (Wildman–Crippen LogP) is 8.74. The van der Waals surface area contributed by atoms with Crippen molar-refractivity contribution in [2.45, 2.75) is 53.1 Å². The molecule has 0 unspecified atom stereocenters. The van der Waals surface area contributed by atoms with Crippen LogP contribution < -0.4 is 16.6 Å². The van der Waals surface area contributed by atoms with Crippen LogP contribution in [0.15, 0.2) is 154 Å². The maximum absolute atomic E-state index is 13.3. The van der Waals surface area contributed by atoms with Gasteiger partial charge in [0.25, 0.3) is 5.56 Å². The minimum atomic E-state index is -0.459. The molecule has 5 aromatic carbocycles. The fourth-order valence-electron chi connectivity index (χ4n) is 9.27. The molecule has 1 aromatic heterocycles. The Balaban J connectivity index is 0.000000171. The summed E-state index contributed by atoms with van der Waals surface area (Å²) in [5.74, 6) is -1.86. The molecule has 3 aliphatic heterocycles. The smallest absolute Gasteiger partial charge is 0.335 e. The average Bonchev–Trinajstić information content (AvgIpc) is 3.42. The number of para-hydroxylation sites is 1. The molecule has 3 aliphatic rings. The van der Waals surface area contributed by atoms with Crippen molar-refractivity contribution in [3.05, 3.63) is 205 Å². The summed E-state index contributed by atoms with van der Waals surface area (Å²) in [6.45, 7) is 11.4. The van der Waals surface area contributed by atoms with E-state index in [0.29, 0.717) is 80.0 Å². The van der Waals surface area contributed by atoms with E-state index in [4.69, 9.17) is 14.2 Å². The fourth-order valence-corrected chi connectivity index (χ4v) is 9.27. The summed E-state index contributed by atoms with van der Waals surface area (Å²) in [5, 5.41) is 3.61. The van der Waals surface area contributed by atoms with Gasteiger partial charge in [-0.05, 0) is 134 Å². The maximum Gasteiger partial charge on any atom is 0.335 e. The standard InChI is InChI=1S/C24H24FN3O4.C21H22FNO2.C14H16FNO2/c1-2-32-23(30)20-15-27(12-11-18(20)16-7-9-17(25)10-8-16)13-14-28-22(29)19-5-3-4-6-21(19)26-24(28)31;1-2-25-21(24)20-15-23(14-16-6-4-3-5-7-16)13-12-19(20)17-8-10-18(22)11-9-17;1-2-18-14(17)13-9-16-8-7-12(13)10-3-5-11(15)6-4-10/h3-10H,2,11-15H2,1H3,(H,26,31);3-11H,2,12-15H2,1H3;3-6,16H,2,7-9H2,1H3. The van der Waals surface area contributed by atoms with E-state index in [-0.39, 0.29) is 48.1 Å². The summed E-state index contributed by atoms with van der Waals surface area (Å²) in [6.07, 6.45) is 2.06. The number of carbonyl (C=O) groups is 3. The number of hydrogen-bond acceptors (Lipinski definition) is 11. The minimum absolute atomic E-state index is 0.195. The van der Waals surface area contributed by atoms with Crippen LogP contribution in [0.3, 0.4) is 0 Å². The molecule has 0 aliphatic carbocycles. The van der Waals surface area contributed by atoms with Crippen molar-refractivity contribution in [2.24, 2.45) is 0 Å². The lowest BCUT2D eigenvalue weighted by molar-refractivity contribution is -0.139. The molecular formula is C59H62F3N5O8. The zero-order valence-corrected chi connectivity index (χ0v) is 42.5. The highest BCUT2D eigenvalue weighted by molar-refractivity contribution is 6.00. The second-order valence-electron chi connectivity index (χ2n) is 17.9. The number of aromatic nitrogens is 2. The molecule has 75 heavy (non-hydrogen) atoms. The molecule has 0 radical (unpaired) electrons. The molecule has 0 saturated carbocycles. The molecule has 13 nitrogen and oxygen atoms in total. The van der Waals surface area contributed by atoms with Crippen LogP contribution in [-0.4, -0.2) is 103 Å². The normalized spacial score (nSPS) is 15.1. The first kappa shape index (κ1) is 55.1. The number of rotatable bonds is 14. The van der Waals surface area contributed by atoms with E-state index in [1.165, 1.54) is 46.5 Å². The SMILES string of the molecule is CCOC(=O)C1=C(c2ccc(F)cc2)CCN(CCn2c(=O)[nH]c3ccccc3c2=O)C1.CCOC(=O)C1=C(c2ccc(F)cc2)CCN(Cc2ccccc2)C1.CCOC(=O)C1=C(c2ccc(F)cc2)CCNC1. The first-order valence-corrected chi connectivity index (χ1v) is 25.2. The lowest BCUT2D eigenvalue weighted by Crippen LogP contribution is -2.41. The number of nitrogens with zero attached hydrogens (tertiary/aromatic N) is 3. The van der Waals surface area contributed by atoms with E-state index >= 15 is 0 Å². The highest BCUT2D eigenvalue weighted by atomic mass is 19.1. The van der Waals surface area contributed by atoms with Gasteiger partial charge >= 0.3 is 23.6 Å². The Labute approximate surface area is 433 Å². The number of esters is 3. The monoisotopic (exact) mass is 1030 g/mol. The molecule has 0 spiro atoms. The third-order valence-electron chi connectivity index (χ3n) is 13.0. The highest BCUT2D eigenvalue weighted by Crippen LogP contribution is 2.31. The van der Waals surface area contributed by atoms with E-state index in [0.717, 1.165) is 65.9 Å². The third kappa shape index (κ3) is 14.8. The topological polar surface area (TPSA) is 152 Å². The molecule has 0 bridgehead atoms. The van der Waals surface area contributed by atoms with Gasteiger partial charge in [0, 0.05) is 52.4 Å². The van der Waals surface area contributed by atoms with Crippen LogP contribution in [0.2, 0.25) is 0 Å². The highest BCUT2D eigenvalue weighted by Gasteiger charge is 2.28. The number of H-pyrrole nitrogens is 1. The van der Waals surface area contributed by atoms with Crippen LogP contribution in [0.4, 0.5) is 13.2 Å². The van der Waals surface area contributed by atoms with Crippen molar-refractivity contribution in [1.82, 2.24) is 24.7 Å². The summed E-state index contributed by atoms with van der Waals surface area (Å²) in [5.41, 5.74) is 8.09. The van der Waals surface area contributed by atoms with Crippen LogP contribution >= 0.6 is 0 Å². The van der Waals surface area contributed by atoms with Gasteiger partial charge in [-0.15, -0.1) is 0 Å².